The summed E-state index contributed by atoms with van der Waals surface area (Å²) >= 11 is 0. The molecule has 0 saturated carbocycles. The predicted octanol–water partition coefficient (Wildman–Crippen LogP) is 3.59. The first-order valence-electron chi connectivity index (χ1n) is 11.8. The highest BCUT2D eigenvalue weighted by molar-refractivity contribution is 5.52. The van der Waals surface area contributed by atoms with Crippen molar-refractivity contribution in [2.75, 3.05) is 24.5 Å². The Morgan fingerprint density at radius 3 is 2.81 bits per heavy atom. The highest BCUT2D eigenvalue weighted by Crippen LogP contribution is 2.43. The number of imidazole rings is 1. The molecule has 0 amide bonds. The molecule has 0 bridgehead atoms. The zero-order chi connectivity index (χ0) is 20.8. The number of likely N-dealkylation sites (tertiary alicyclic amines) is 1. The monoisotopic (exact) mass is 417 g/mol. The van der Waals surface area contributed by atoms with E-state index in [1.165, 1.54) is 42.8 Å². The van der Waals surface area contributed by atoms with Gasteiger partial charge in [0.15, 0.2) is 0 Å². The van der Waals surface area contributed by atoms with Gasteiger partial charge >= 0.3 is 0 Å². The topological polar surface area (TPSA) is 56.9 Å². The lowest BCUT2D eigenvalue weighted by atomic mass is 9.77. The van der Waals surface area contributed by atoms with Crippen LogP contribution < -0.4 is 4.90 Å². The Bertz CT molecular complexity index is 1070. The summed E-state index contributed by atoms with van der Waals surface area (Å²) in [5, 5.41) is 9.88. The third-order valence-corrected chi connectivity index (χ3v) is 7.52. The van der Waals surface area contributed by atoms with Gasteiger partial charge in [0.2, 0.25) is 0 Å². The minimum Gasteiger partial charge on any atom is -0.393 e. The molecule has 3 aliphatic rings. The molecule has 0 unspecified atom stereocenters. The molecule has 3 aromatic heterocycles. The van der Waals surface area contributed by atoms with Crippen molar-refractivity contribution in [3.05, 3.63) is 59.7 Å². The summed E-state index contributed by atoms with van der Waals surface area (Å²) in [6.45, 7) is 3.77. The molecular weight excluding hydrogens is 386 g/mol. The van der Waals surface area contributed by atoms with Crippen LogP contribution in [0.25, 0.3) is 5.65 Å². The van der Waals surface area contributed by atoms with E-state index in [2.05, 4.69) is 50.7 Å². The molecular formula is C25H31N5O. The lowest BCUT2D eigenvalue weighted by molar-refractivity contribution is 0.0687. The van der Waals surface area contributed by atoms with Gasteiger partial charge in [-0.1, -0.05) is 12.1 Å². The zero-order valence-corrected chi connectivity index (χ0v) is 18.0. The molecule has 6 nitrogen and oxygen atoms in total. The molecule has 0 aromatic carbocycles. The third-order valence-electron chi connectivity index (χ3n) is 7.52. The van der Waals surface area contributed by atoms with Gasteiger partial charge in [0, 0.05) is 32.0 Å². The maximum Gasteiger partial charge on any atom is 0.138 e. The van der Waals surface area contributed by atoms with Crippen LogP contribution in [0.3, 0.4) is 0 Å². The molecule has 0 spiro atoms. The Kier molecular flexibility index (Phi) is 4.92. The number of hydrogen-bond donors (Lipinski definition) is 1. The fourth-order valence-electron chi connectivity index (χ4n) is 5.98. The smallest absolute Gasteiger partial charge is 0.138 e. The number of aryl methyl sites for hydroxylation is 1. The van der Waals surface area contributed by atoms with E-state index in [4.69, 9.17) is 9.97 Å². The van der Waals surface area contributed by atoms with E-state index in [1.807, 2.05) is 6.20 Å². The number of aromatic nitrogens is 3. The SMILES string of the molecule is OC1CCN(c2cccc3nc(CN4CCC[C@H]5CCc6cccnc6[C@H]54)cn23)CC1. The number of fused-ring (bicyclic) bond motifs is 4. The minimum atomic E-state index is -0.159. The van der Waals surface area contributed by atoms with Crippen molar-refractivity contribution in [2.45, 2.75) is 57.2 Å². The summed E-state index contributed by atoms with van der Waals surface area (Å²) in [4.78, 5) is 14.8. The minimum absolute atomic E-state index is 0.159. The Morgan fingerprint density at radius 2 is 1.90 bits per heavy atom. The van der Waals surface area contributed by atoms with Crippen LogP contribution in [0.1, 0.15) is 55.1 Å². The summed E-state index contributed by atoms with van der Waals surface area (Å²) in [6, 6.07) is 11.1. The predicted molar refractivity (Wildman–Crippen MR) is 121 cm³/mol. The van der Waals surface area contributed by atoms with Crippen LogP contribution in [0.4, 0.5) is 5.82 Å². The van der Waals surface area contributed by atoms with E-state index >= 15 is 0 Å². The first-order chi connectivity index (χ1) is 15.3. The molecule has 2 saturated heterocycles. The van der Waals surface area contributed by atoms with Crippen molar-refractivity contribution in [3.8, 4) is 0 Å². The van der Waals surface area contributed by atoms with E-state index in [9.17, 15) is 5.11 Å². The highest BCUT2D eigenvalue weighted by Gasteiger charge is 2.37. The van der Waals surface area contributed by atoms with Crippen LogP contribution in [0, 0.1) is 5.92 Å². The summed E-state index contributed by atoms with van der Waals surface area (Å²) in [7, 11) is 0. The second-order valence-electron chi connectivity index (χ2n) is 9.47. The zero-order valence-electron chi connectivity index (χ0n) is 18.0. The van der Waals surface area contributed by atoms with Gasteiger partial charge in [0.1, 0.15) is 11.5 Å². The number of nitrogens with zero attached hydrogens (tertiary/aromatic N) is 5. The average molecular weight is 418 g/mol. The Balaban J connectivity index is 1.29. The van der Waals surface area contributed by atoms with E-state index in [-0.39, 0.29) is 6.10 Å². The second kappa shape index (κ2) is 7.92. The standard InChI is InChI=1S/C25H31N5O/c31-21-10-14-28(15-11-21)23-7-1-6-22-27-20(17-30(22)23)16-29-13-3-5-19-9-8-18-4-2-12-26-24(18)25(19)29/h1-2,4,6-7,12,17,19,21,25,31H,3,5,8-11,13-16H2/t19-,25-/m0/s1. The third kappa shape index (κ3) is 3.52. The first kappa shape index (κ1) is 19.3. The molecule has 6 rings (SSSR count). The van der Waals surface area contributed by atoms with Crippen molar-refractivity contribution < 1.29 is 5.11 Å². The van der Waals surface area contributed by atoms with Crippen LogP contribution in [-0.2, 0) is 13.0 Å². The Morgan fingerprint density at radius 1 is 1.00 bits per heavy atom. The number of aliphatic hydroxyl groups excluding tert-OH is 1. The van der Waals surface area contributed by atoms with E-state index in [0.717, 1.165) is 50.4 Å². The van der Waals surface area contributed by atoms with Crippen molar-refractivity contribution >= 4 is 11.5 Å². The Labute approximate surface area is 183 Å². The maximum atomic E-state index is 9.88. The number of piperidine rings is 2. The second-order valence-corrected chi connectivity index (χ2v) is 9.47. The summed E-state index contributed by atoms with van der Waals surface area (Å²) in [6.07, 6.45) is 10.7. The van der Waals surface area contributed by atoms with Gasteiger partial charge in [-0.3, -0.25) is 14.3 Å². The van der Waals surface area contributed by atoms with Crippen molar-refractivity contribution in [3.63, 3.8) is 0 Å². The maximum absolute atomic E-state index is 9.88. The van der Waals surface area contributed by atoms with Crippen LogP contribution in [0.5, 0.6) is 0 Å². The quantitative estimate of drug-likeness (QED) is 0.706. The van der Waals surface area contributed by atoms with Crippen LogP contribution in [0.2, 0.25) is 0 Å². The number of rotatable bonds is 3. The molecule has 2 atom stereocenters. The fraction of sp³-hybridized carbons (Fsp3) is 0.520. The van der Waals surface area contributed by atoms with Crippen molar-refractivity contribution in [1.29, 1.82) is 0 Å². The molecule has 0 radical (unpaired) electrons. The number of hydrogen-bond acceptors (Lipinski definition) is 5. The van der Waals surface area contributed by atoms with Gasteiger partial charge in [-0.05, 0) is 74.8 Å². The van der Waals surface area contributed by atoms with Gasteiger partial charge in [0.25, 0.3) is 0 Å². The van der Waals surface area contributed by atoms with Crippen LogP contribution in [-0.4, -0.2) is 50.1 Å². The van der Waals surface area contributed by atoms with Crippen molar-refractivity contribution in [2.24, 2.45) is 5.92 Å². The summed E-state index contributed by atoms with van der Waals surface area (Å²) in [5.74, 6) is 1.90. The van der Waals surface area contributed by atoms with E-state index in [0.29, 0.717) is 12.0 Å². The lowest BCUT2D eigenvalue weighted by Gasteiger charge is -2.44. The normalized spacial score (nSPS) is 24.9. The van der Waals surface area contributed by atoms with Crippen molar-refractivity contribution in [1.82, 2.24) is 19.3 Å². The molecule has 6 heteroatoms. The van der Waals surface area contributed by atoms with Gasteiger partial charge in [-0.15, -0.1) is 0 Å². The van der Waals surface area contributed by atoms with E-state index in [1.54, 1.807) is 0 Å². The number of pyridine rings is 2. The first-order valence-corrected chi connectivity index (χ1v) is 11.8. The number of aliphatic hydroxyl groups is 1. The molecule has 162 valence electrons. The molecule has 31 heavy (non-hydrogen) atoms. The van der Waals surface area contributed by atoms with Gasteiger partial charge in [-0.2, -0.15) is 0 Å². The molecule has 5 heterocycles. The molecule has 3 aromatic rings. The molecule has 2 fully saturated rings. The molecule has 1 N–H and O–H groups in total. The summed E-state index contributed by atoms with van der Waals surface area (Å²) in [5.41, 5.74) is 4.87. The highest BCUT2D eigenvalue weighted by atomic mass is 16.3. The molecule has 2 aliphatic heterocycles. The average Bonchev–Trinajstić information content (AvgIpc) is 3.22. The van der Waals surface area contributed by atoms with Crippen LogP contribution >= 0.6 is 0 Å². The van der Waals surface area contributed by atoms with Crippen LogP contribution in [0.15, 0.2) is 42.7 Å². The van der Waals surface area contributed by atoms with Gasteiger partial charge in [0.05, 0.1) is 23.5 Å². The fourth-order valence-corrected chi connectivity index (χ4v) is 5.98. The number of anilines is 1. The molecule has 1 aliphatic carbocycles. The van der Waals surface area contributed by atoms with Gasteiger partial charge < -0.3 is 10.0 Å². The van der Waals surface area contributed by atoms with Gasteiger partial charge in [-0.25, -0.2) is 4.98 Å². The Hall–Kier alpha value is -2.44. The summed E-state index contributed by atoms with van der Waals surface area (Å²) < 4.78 is 2.24. The lowest BCUT2D eigenvalue weighted by Crippen LogP contribution is -2.41. The largest absolute Gasteiger partial charge is 0.393 e. The van der Waals surface area contributed by atoms with E-state index < -0.39 is 0 Å².